The third-order valence-electron chi connectivity index (χ3n) is 6.45. The monoisotopic (exact) mass is 452 g/mol. The molecule has 2 N–H and O–H groups in total. The second-order valence-corrected chi connectivity index (χ2v) is 8.63. The van der Waals surface area contributed by atoms with Gasteiger partial charge in [0.25, 0.3) is 5.91 Å². The minimum atomic E-state index is -0.505. The van der Waals surface area contributed by atoms with Crippen LogP contribution in [0.2, 0.25) is 0 Å². The first-order valence-electron chi connectivity index (χ1n) is 11.4. The van der Waals surface area contributed by atoms with Crippen LogP contribution in [0.1, 0.15) is 22.3 Å². The highest BCUT2D eigenvalue weighted by atomic mass is 16.5. The highest BCUT2D eigenvalue weighted by Gasteiger charge is 2.25. The summed E-state index contributed by atoms with van der Waals surface area (Å²) in [5.74, 6) is 0.732. The van der Waals surface area contributed by atoms with Crippen molar-refractivity contribution >= 4 is 23.2 Å². The van der Waals surface area contributed by atoms with Gasteiger partial charge in [0.1, 0.15) is 5.75 Å². The number of ether oxygens (including phenoxy) is 1. The molecule has 0 aromatic heterocycles. The first kappa shape index (κ1) is 23.1. The standard InChI is InChI=1S/C25H32N4O4/c1-27-21-8-7-18(15-19(21)16-24(27)31)25(32)26-10-9-20(30)17-28-11-13-29(14-12-28)22-5-3-4-6-23(22)33-2/h3-8,15,20,30H,9-14,16-17H2,1-2H3,(H,26,32). The number of β-amino-alcohol motifs (C(OH)–C–C–N with tert-alkyl or cyclic N) is 1. The molecule has 2 aliphatic rings. The Kier molecular flexibility index (Phi) is 7.15. The summed E-state index contributed by atoms with van der Waals surface area (Å²) in [7, 11) is 3.43. The lowest BCUT2D eigenvalue weighted by atomic mass is 10.1. The van der Waals surface area contributed by atoms with Gasteiger partial charge in [-0.1, -0.05) is 12.1 Å². The van der Waals surface area contributed by atoms with E-state index >= 15 is 0 Å². The van der Waals surface area contributed by atoms with E-state index in [1.165, 1.54) is 0 Å². The molecule has 0 bridgehead atoms. The van der Waals surface area contributed by atoms with Crippen molar-refractivity contribution < 1.29 is 19.4 Å². The Morgan fingerprint density at radius 1 is 1.12 bits per heavy atom. The predicted molar refractivity (Wildman–Crippen MR) is 128 cm³/mol. The summed E-state index contributed by atoms with van der Waals surface area (Å²) >= 11 is 0. The normalized spacial score (nSPS) is 17.1. The minimum absolute atomic E-state index is 0.0365. The number of hydrogen-bond acceptors (Lipinski definition) is 6. The number of hydrogen-bond donors (Lipinski definition) is 2. The van der Waals surface area contributed by atoms with Crippen molar-refractivity contribution in [3.63, 3.8) is 0 Å². The molecule has 176 valence electrons. The van der Waals surface area contributed by atoms with E-state index in [9.17, 15) is 14.7 Å². The van der Waals surface area contributed by atoms with Gasteiger partial charge in [0.05, 0.1) is 25.3 Å². The quantitative estimate of drug-likeness (QED) is 0.632. The molecular formula is C25H32N4O4. The fourth-order valence-electron chi connectivity index (χ4n) is 4.52. The zero-order chi connectivity index (χ0) is 23.4. The van der Waals surface area contributed by atoms with Gasteiger partial charge < -0.3 is 25.0 Å². The number of methoxy groups -OCH3 is 1. The Bertz CT molecular complexity index is 1000. The molecule has 2 heterocycles. The topological polar surface area (TPSA) is 85.3 Å². The lowest BCUT2D eigenvalue weighted by molar-refractivity contribution is -0.117. The van der Waals surface area contributed by atoms with Gasteiger partial charge in [-0.3, -0.25) is 14.5 Å². The average Bonchev–Trinajstić information content (AvgIpc) is 3.12. The highest BCUT2D eigenvalue weighted by Crippen LogP contribution is 2.29. The van der Waals surface area contributed by atoms with Gasteiger partial charge in [-0.25, -0.2) is 0 Å². The smallest absolute Gasteiger partial charge is 0.251 e. The van der Waals surface area contributed by atoms with Crippen LogP contribution in [0, 0.1) is 0 Å². The van der Waals surface area contributed by atoms with E-state index in [0.717, 1.165) is 48.9 Å². The van der Waals surface area contributed by atoms with E-state index in [-0.39, 0.29) is 11.8 Å². The van der Waals surface area contributed by atoms with Crippen LogP contribution >= 0.6 is 0 Å². The number of rotatable bonds is 8. The number of likely N-dealkylation sites (N-methyl/N-ethyl adjacent to an activating group) is 1. The van der Waals surface area contributed by atoms with Crippen LogP contribution in [0.15, 0.2) is 42.5 Å². The molecule has 33 heavy (non-hydrogen) atoms. The number of amides is 2. The molecule has 8 heteroatoms. The Morgan fingerprint density at radius 2 is 1.88 bits per heavy atom. The summed E-state index contributed by atoms with van der Waals surface area (Å²) < 4.78 is 5.47. The zero-order valence-corrected chi connectivity index (χ0v) is 19.3. The van der Waals surface area contributed by atoms with Crippen LogP contribution in [0.5, 0.6) is 5.75 Å². The molecule has 4 rings (SSSR count). The van der Waals surface area contributed by atoms with Crippen LogP contribution in [-0.2, 0) is 11.2 Å². The zero-order valence-electron chi connectivity index (χ0n) is 19.3. The summed E-state index contributed by atoms with van der Waals surface area (Å²) in [4.78, 5) is 30.5. The molecule has 2 aromatic rings. The number of aliphatic hydroxyl groups is 1. The number of nitrogens with zero attached hydrogens (tertiary/aromatic N) is 3. The van der Waals surface area contributed by atoms with E-state index in [1.807, 2.05) is 24.3 Å². The molecule has 0 aliphatic carbocycles. The summed E-state index contributed by atoms with van der Waals surface area (Å²) in [6, 6.07) is 13.4. The Hall–Kier alpha value is -3.10. The van der Waals surface area contributed by atoms with Crippen molar-refractivity contribution in [2.24, 2.45) is 0 Å². The number of piperazine rings is 1. The number of aliphatic hydroxyl groups excluding tert-OH is 1. The van der Waals surface area contributed by atoms with E-state index in [0.29, 0.717) is 31.5 Å². The van der Waals surface area contributed by atoms with Crippen molar-refractivity contribution in [2.45, 2.75) is 18.9 Å². The lowest BCUT2D eigenvalue weighted by Gasteiger charge is -2.37. The highest BCUT2D eigenvalue weighted by molar-refractivity contribution is 6.03. The predicted octanol–water partition coefficient (Wildman–Crippen LogP) is 1.52. The molecule has 1 saturated heterocycles. The van der Waals surface area contributed by atoms with Crippen molar-refractivity contribution in [1.82, 2.24) is 10.2 Å². The lowest BCUT2D eigenvalue weighted by Crippen LogP contribution is -2.49. The molecule has 1 fully saturated rings. The fraction of sp³-hybridized carbons (Fsp3) is 0.440. The summed E-state index contributed by atoms with van der Waals surface area (Å²) in [6.07, 6.45) is 0.315. The first-order chi connectivity index (χ1) is 16.0. The van der Waals surface area contributed by atoms with Gasteiger partial charge >= 0.3 is 0 Å². The fourth-order valence-corrected chi connectivity index (χ4v) is 4.52. The van der Waals surface area contributed by atoms with Gasteiger partial charge in [-0.2, -0.15) is 0 Å². The van der Waals surface area contributed by atoms with Gasteiger partial charge in [-0.15, -0.1) is 0 Å². The van der Waals surface area contributed by atoms with Crippen molar-refractivity contribution in [2.75, 3.05) is 63.2 Å². The Morgan fingerprint density at radius 3 is 2.64 bits per heavy atom. The van der Waals surface area contributed by atoms with Crippen LogP contribution in [0.4, 0.5) is 11.4 Å². The molecule has 1 atom stereocenters. The molecule has 2 amide bonds. The average molecular weight is 453 g/mol. The molecule has 8 nitrogen and oxygen atoms in total. The van der Waals surface area contributed by atoms with Crippen molar-refractivity contribution in [1.29, 1.82) is 0 Å². The third kappa shape index (κ3) is 5.29. The number of fused-ring (bicyclic) bond motifs is 1. The molecule has 2 aromatic carbocycles. The van der Waals surface area contributed by atoms with Gasteiger partial charge in [0.2, 0.25) is 5.91 Å². The van der Waals surface area contributed by atoms with E-state index in [4.69, 9.17) is 4.74 Å². The summed E-state index contributed by atoms with van der Waals surface area (Å²) in [5, 5.41) is 13.3. The Labute approximate surface area is 194 Å². The largest absolute Gasteiger partial charge is 0.495 e. The second kappa shape index (κ2) is 10.2. The molecule has 1 unspecified atom stereocenters. The minimum Gasteiger partial charge on any atom is -0.495 e. The number of carbonyl (C=O) groups is 2. The molecule has 0 saturated carbocycles. The van der Waals surface area contributed by atoms with Crippen LogP contribution < -0.4 is 19.9 Å². The Balaban J connectivity index is 1.19. The van der Waals surface area contributed by atoms with E-state index in [1.54, 1.807) is 31.2 Å². The van der Waals surface area contributed by atoms with Gasteiger partial charge in [0.15, 0.2) is 0 Å². The van der Waals surface area contributed by atoms with Crippen LogP contribution in [-0.4, -0.2) is 81.4 Å². The molecule has 0 spiro atoms. The van der Waals surface area contributed by atoms with Crippen LogP contribution in [0.3, 0.4) is 0 Å². The van der Waals surface area contributed by atoms with Gasteiger partial charge in [-0.05, 0) is 42.3 Å². The molecular weight excluding hydrogens is 420 g/mol. The summed E-state index contributed by atoms with van der Waals surface area (Å²) in [5.41, 5.74) is 3.38. The van der Waals surface area contributed by atoms with Gasteiger partial charge in [0, 0.05) is 57.6 Å². The van der Waals surface area contributed by atoms with Crippen LogP contribution in [0.25, 0.3) is 0 Å². The third-order valence-corrected chi connectivity index (χ3v) is 6.45. The molecule has 2 aliphatic heterocycles. The maximum atomic E-state index is 12.5. The first-order valence-corrected chi connectivity index (χ1v) is 11.4. The number of para-hydroxylation sites is 2. The maximum Gasteiger partial charge on any atom is 0.251 e. The second-order valence-electron chi connectivity index (χ2n) is 8.63. The van der Waals surface area contributed by atoms with Crippen molar-refractivity contribution in [3.05, 3.63) is 53.6 Å². The summed E-state index contributed by atoms with van der Waals surface area (Å²) in [6.45, 7) is 4.47. The number of anilines is 2. The van der Waals surface area contributed by atoms with E-state index in [2.05, 4.69) is 21.2 Å². The maximum absolute atomic E-state index is 12.5. The number of carbonyl (C=O) groups excluding carboxylic acids is 2. The van der Waals surface area contributed by atoms with Crippen molar-refractivity contribution in [3.8, 4) is 5.75 Å². The van der Waals surface area contributed by atoms with E-state index < -0.39 is 6.10 Å². The SMILES string of the molecule is COc1ccccc1N1CCN(CC(O)CCNC(=O)c2ccc3c(c2)CC(=O)N3C)CC1. The number of nitrogens with one attached hydrogen (secondary N) is 1. The number of benzene rings is 2. The molecule has 0 radical (unpaired) electrons.